The molecule has 1 saturated heterocycles. The fourth-order valence-electron chi connectivity index (χ4n) is 4.63. The lowest BCUT2D eigenvalue weighted by Gasteiger charge is -2.31. The maximum absolute atomic E-state index is 13.6. The third kappa shape index (κ3) is 8.38. The zero-order chi connectivity index (χ0) is 24.6. The van der Waals surface area contributed by atoms with Gasteiger partial charge >= 0.3 is 6.09 Å². The Bertz CT molecular complexity index is 784. The lowest BCUT2D eigenvalue weighted by atomic mass is 9.84. The number of rotatable bonds is 8. The van der Waals surface area contributed by atoms with Crippen molar-refractivity contribution in [3.63, 3.8) is 0 Å². The van der Waals surface area contributed by atoms with Crippen LogP contribution in [0.2, 0.25) is 0 Å². The second-order valence-electron chi connectivity index (χ2n) is 10.3. The van der Waals surface area contributed by atoms with Crippen LogP contribution in [-0.4, -0.2) is 60.5 Å². The lowest BCUT2D eigenvalue weighted by Crippen LogP contribution is -2.48. The average Bonchev–Trinajstić information content (AvgIpc) is 2.82. The smallest absolute Gasteiger partial charge is 0.408 e. The fourth-order valence-corrected chi connectivity index (χ4v) is 5.22. The van der Waals surface area contributed by atoms with E-state index in [1.807, 2.05) is 27.0 Å². The predicted molar refractivity (Wildman–Crippen MR) is 138 cm³/mol. The van der Waals surface area contributed by atoms with E-state index in [1.165, 1.54) is 36.9 Å². The van der Waals surface area contributed by atoms with E-state index in [1.54, 1.807) is 4.31 Å². The first kappa shape index (κ1) is 26.7. The Morgan fingerprint density at radius 2 is 1.79 bits per heavy atom. The number of nitrogens with one attached hydrogen (secondary N) is 1. The number of amides is 2. The van der Waals surface area contributed by atoms with Crippen LogP contribution < -0.4 is 10.2 Å². The standard InChI is InChI=1S/C26H41N3O4S/c1-26(2,3)33-25(31)27-23(18-20-8-6-5-7-9-20)24(30)29(34-4)19-21-10-12-22(13-11-21)28-14-16-32-17-15-28/h10-13,20,23H,5-9,14-19H2,1-4H3,(H,27,31)/t23-/m1/s1. The van der Waals surface area contributed by atoms with Gasteiger partial charge in [-0.1, -0.05) is 56.2 Å². The van der Waals surface area contributed by atoms with E-state index in [0.717, 1.165) is 44.7 Å². The number of carbonyl (C=O) groups is 2. The van der Waals surface area contributed by atoms with E-state index in [9.17, 15) is 9.59 Å². The minimum Gasteiger partial charge on any atom is -0.444 e. The summed E-state index contributed by atoms with van der Waals surface area (Å²) in [5.41, 5.74) is 1.63. The molecule has 3 rings (SSSR count). The second-order valence-corrected chi connectivity index (χ2v) is 11.1. The van der Waals surface area contributed by atoms with Crippen molar-refractivity contribution in [2.45, 2.75) is 77.5 Å². The van der Waals surface area contributed by atoms with Gasteiger partial charge in [0.25, 0.3) is 5.91 Å². The number of anilines is 1. The summed E-state index contributed by atoms with van der Waals surface area (Å²) in [6.45, 7) is 9.29. The third-order valence-corrected chi connectivity index (χ3v) is 7.14. The minimum atomic E-state index is -0.607. The molecule has 1 N–H and O–H groups in total. The van der Waals surface area contributed by atoms with Crippen molar-refractivity contribution in [2.24, 2.45) is 5.92 Å². The van der Waals surface area contributed by atoms with Crippen LogP contribution in [0.5, 0.6) is 0 Å². The first-order valence-corrected chi connectivity index (χ1v) is 13.7. The Balaban J connectivity index is 1.66. The van der Waals surface area contributed by atoms with Crippen LogP contribution in [0.1, 0.15) is 64.9 Å². The summed E-state index contributed by atoms with van der Waals surface area (Å²) < 4.78 is 12.7. The van der Waals surface area contributed by atoms with Gasteiger partial charge in [0.05, 0.1) is 19.8 Å². The molecule has 1 aromatic rings. The van der Waals surface area contributed by atoms with Crippen molar-refractivity contribution < 1.29 is 19.1 Å². The number of benzene rings is 1. The summed E-state index contributed by atoms with van der Waals surface area (Å²) in [7, 11) is 0. The van der Waals surface area contributed by atoms with Gasteiger partial charge in [0.2, 0.25) is 0 Å². The monoisotopic (exact) mass is 491 g/mol. The summed E-state index contributed by atoms with van der Waals surface area (Å²) >= 11 is 1.40. The Labute approximate surface area is 209 Å². The molecule has 34 heavy (non-hydrogen) atoms. The highest BCUT2D eigenvalue weighted by molar-refractivity contribution is 7.96. The molecule has 1 heterocycles. The van der Waals surface area contributed by atoms with Crippen LogP contribution in [0.4, 0.5) is 10.5 Å². The van der Waals surface area contributed by atoms with Crippen LogP contribution in [0.3, 0.4) is 0 Å². The van der Waals surface area contributed by atoms with Gasteiger partial charge in [-0.2, -0.15) is 0 Å². The highest BCUT2D eigenvalue weighted by Crippen LogP contribution is 2.29. The van der Waals surface area contributed by atoms with Crippen LogP contribution >= 0.6 is 11.9 Å². The molecule has 190 valence electrons. The highest BCUT2D eigenvalue weighted by Gasteiger charge is 2.31. The van der Waals surface area contributed by atoms with Gasteiger partial charge in [-0.25, -0.2) is 4.79 Å². The molecule has 1 saturated carbocycles. The number of alkyl carbamates (subject to hydrolysis) is 1. The van der Waals surface area contributed by atoms with Crippen molar-refractivity contribution in [3.8, 4) is 0 Å². The molecule has 8 heteroatoms. The molecule has 0 bridgehead atoms. The van der Waals surface area contributed by atoms with Gasteiger partial charge in [0.15, 0.2) is 0 Å². The topological polar surface area (TPSA) is 71.1 Å². The van der Waals surface area contributed by atoms with Crippen molar-refractivity contribution in [2.75, 3.05) is 37.5 Å². The molecule has 2 fully saturated rings. The molecule has 2 aliphatic rings. The molecule has 0 aromatic heterocycles. The molecule has 0 spiro atoms. The van der Waals surface area contributed by atoms with Crippen molar-refractivity contribution in [1.82, 2.24) is 9.62 Å². The maximum atomic E-state index is 13.6. The van der Waals surface area contributed by atoms with E-state index in [-0.39, 0.29) is 5.91 Å². The van der Waals surface area contributed by atoms with Gasteiger partial charge in [-0.3, -0.25) is 9.10 Å². The molecular weight excluding hydrogens is 450 g/mol. The van der Waals surface area contributed by atoms with Crippen LogP contribution in [0, 0.1) is 5.92 Å². The Hall–Kier alpha value is -1.93. The van der Waals surface area contributed by atoms with E-state index < -0.39 is 17.7 Å². The lowest BCUT2D eigenvalue weighted by molar-refractivity contribution is -0.129. The molecule has 2 amide bonds. The average molecular weight is 492 g/mol. The largest absolute Gasteiger partial charge is 0.444 e. The molecular formula is C26H41N3O4S. The van der Waals surface area contributed by atoms with Crippen molar-refractivity contribution in [3.05, 3.63) is 29.8 Å². The predicted octanol–water partition coefficient (Wildman–Crippen LogP) is 4.99. The summed E-state index contributed by atoms with van der Waals surface area (Å²) in [5.74, 6) is 0.385. The van der Waals surface area contributed by atoms with Gasteiger partial charge < -0.3 is 19.7 Å². The number of carbonyl (C=O) groups excluding carboxylic acids is 2. The van der Waals surface area contributed by atoms with Crippen LogP contribution in [-0.2, 0) is 20.8 Å². The summed E-state index contributed by atoms with van der Waals surface area (Å²) in [6, 6.07) is 7.81. The van der Waals surface area contributed by atoms with Crippen LogP contribution in [0.25, 0.3) is 0 Å². The summed E-state index contributed by atoms with van der Waals surface area (Å²) in [4.78, 5) is 28.4. The first-order valence-electron chi connectivity index (χ1n) is 12.5. The maximum Gasteiger partial charge on any atom is 0.408 e. The number of ether oxygens (including phenoxy) is 2. The van der Waals surface area contributed by atoms with E-state index in [0.29, 0.717) is 18.9 Å². The van der Waals surface area contributed by atoms with E-state index >= 15 is 0 Å². The number of hydrogen-bond acceptors (Lipinski definition) is 6. The van der Waals surface area contributed by atoms with Gasteiger partial charge in [0.1, 0.15) is 11.6 Å². The molecule has 1 atom stereocenters. The Morgan fingerprint density at radius 1 is 1.15 bits per heavy atom. The molecule has 1 aromatic carbocycles. The summed E-state index contributed by atoms with van der Waals surface area (Å²) in [6.07, 6.45) is 7.91. The highest BCUT2D eigenvalue weighted by atomic mass is 32.2. The Morgan fingerprint density at radius 3 is 2.38 bits per heavy atom. The zero-order valence-corrected chi connectivity index (χ0v) is 22.0. The molecule has 0 unspecified atom stereocenters. The van der Waals surface area contributed by atoms with Gasteiger partial charge in [0, 0.05) is 25.0 Å². The quantitative estimate of drug-likeness (QED) is 0.517. The summed E-state index contributed by atoms with van der Waals surface area (Å²) in [5, 5.41) is 2.89. The zero-order valence-electron chi connectivity index (χ0n) is 21.2. The SMILES string of the molecule is CSN(Cc1ccc(N2CCOCC2)cc1)C(=O)[C@@H](CC1CCCCC1)NC(=O)OC(C)(C)C. The molecule has 0 radical (unpaired) electrons. The number of nitrogens with zero attached hydrogens (tertiary/aromatic N) is 2. The molecule has 1 aliphatic heterocycles. The number of hydrogen-bond donors (Lipinski definition) is 1. The van der Waals surface area contributed by atoms with E-state index in [2.05, 4.69) is 34.5 Å². The van der Waals surface area contributed by atoms with Crippen molar-refractivity contribution >= 4 is 29.6 Å². The normalized spacial score (nSPS) is 18.3. The van der Waals surface area contributed by atoms with E-state index in [4.69, 9.17) is 9.47 Å². The van der Waals surface area contributed by atoms with Crippen molar-refractivity contribution in [1.29, 1.82) is 0 Å². The Kier molecular flexibility index (Phi) is 9.95. The number of morpholine rings is 1. The minimum absolute atomic E-state index is 0.0683. The molecule has 1 aliphatic carbocycles. The second kappa shape index (κ2) is 12.7. The van der Waals surface area contributed by atoms with Crippen LogP contribution in [0.15, 0.2) is 24.3 Å². The van der Waals surface area contributed by atoms with Gasteiger partial charge in [-0.05, 0) is 50.8 Å². The fraction of sp³-hybridized carbons (Fsp3) is 0.692. The third-order valence-electron chi connectivity index (χ3n) is 6.39. The van der Waals surface area contributed by atoms with Gasteiger partial charge in [-0.15, -0.1) is 0 Å². The first-order chi connectivity index (χ1) is 16.2. The molecule has 7 nitrogen and oxygen atoms in total.